The topological polar surface area (TPSA) is 71.5 Å². The first-order valence-corrected chi connectivity index (χ1v) is 6.93. The molecule has 0 aliphatic heterocycles. The minimum atomic E-state index is -4.81. The molecule has 0 radical (unpaired) electrons. The first-order chi connectivity index (χ1) is 10.3. The normalized spacial score (nSPS) is 12.5. The number of carbonyl (C=O) groups excluding carboxylic acids is 1. The third-order valence-corrected chi connectivity index (χ3v) is 3.44. The predicted octanol–water partition coefficient (Wildman–Crippen LogP) is 4.33. The summed E-state index contributed by atoms with van der Waals surface area (Å²) >= 11 is 0.957. The number of benzene rings is 1. The van der Waals surface area contributed by atoms with Gasteiger partial charge in [-0.15, -0.1) is 11.3 Å². The van der Waals surface area contributed by atoms with E-state index in [0.29, 0.717) is 22.0 Å². The van der Waals surface area contributed by atoms with Gasteiger partial charge in [-0.05, 0) is 25.1 Å². The second-order valence-electron chi connectivity index (χ2n) is 4.11. The first kappa shape index (κ1) is 16.1. The lowest BCUT2D eigenvalue weighted by Crippen LogP contribution is -2.12. The van der Waals surface area contributed by atoms with E-state index in [-0.39, 0.29) is 11.6 Å². The maximum Gasteiger partial charge on any atom is 0.448 e. The molecule has 118 valence electrons. The molecule has 0 atom stereocenters. The second-order valence-corrected chi connectivity index (χ2v) is 5.17. The summed E-state index contributed by atoms with van der Waals surface area (Å²) in [5, 5.41) is 11.4. The van der Waals surface area contributed by atoms with Crippen LogP contribution in [-0.2, 0) is 4.74 Å². The molecule has 0 fully saturated rings. The molecule has 0 aliphatic carbocycles. The van der Waals surface area contributed by atoms with E-state index in [1.807, 2.05) is 0 Å². The van der Waals surface area contributed by atoms with E-state index in [1.165, 1.54) is 0 Å². The van der Waals surface area contributed by atoms with Crippen molar-refractivity contribution in [1.82, 2.24) is 4.98 Å². The highest BCUT2D eigenvalue weighted by molar-refractivity contribution is 7.19. The van der Waals surface area contributed by atoms with Crippen LogP contribution in [-0.4, -0.2) is 29.0 Å². The average Bonchev–Trinajstić information content (AvgIpc) is 2.79. The number of fused-ring (bicyclic) bond motifs is 1. The lowest BCUT2D eigenvalue weighted by Gasteiger charge is -2.04. The molecule has 0 saturated heterocycles. The lowest BCUT2D eigenvalue weighted by molar-refractivity contribution is -0.119. The Labute approximate surface area is 127 Å². The maximum absolute atomic E-state index is 12.3. The SMILES string of the molecule is CCOC(=O)Nc1ccc2nc(C=C(O)C(F)(F)F)sc2c1. The van der Waals surface area contributed by atoms with Crippen LogP contribution in [0.4, 0.5) is 23.7 Å². The van der Waals surface area contributed by atoms with Gasteiger partial charge >= 0.3 is 12.3 Å². The van der Waals surface area contributed by atoms with Crippen LogP contribution < -0.4 is 5.32 Å². The van der Waals surface area contributed by atoms with Crippen molar-refractivity contribution in [2.24, 2.45) is 0 Å². The largest absolute Gasteiger partial charge is 0.504 e. The number of hydrogen-bond acceptors (Lipinski definition) is 5. The molecule has 1 amide bonds. The molecule has 0 aliphatic rings. The molecule has 2 rings (SSSR count). The molecule has 5 nitrogen and oxygen atoms in total. The highest BCUT2D eigenvalue weighted by Crippen LogP contribution is 2.30. The summed E-state index contributed by atoms with van der Waals surface area (Å²) in [7, 11) is 0. The van der Waals surface area contributed by atoms with Crippen LogP contribution in [0.15, 0.2) is 24.0 Å². The number of halogens is 3. The van der Waals surface area contributed by atoms with Gasteiger partial charge in [0.05, 0.1) is 16.8 Å². The van der Waals surface area contributed by atoms with Crippen LogP contribution in [0, 0.1) is 0 Å². The summed E-state index contributed by atoms with van der Waals surface area (Å²) in [5.74, 6) is -1.71. The van der Waals surface area contributed by atoms with Gasteiger partial charge in [-0.2, -0.15) is 13.2 Å². The van der Waals surface area contributed by atoms with Crippen LogP contribution in [0.1, 0.15) is 11.9 Å². The van der Waals surface area contributed by atoms with Crippen LogP contribution in [0.25, 0.3) is 16.3 Å². The van der Waals surface area contributed by atoms with Gasteiger partial charge in [-0.25, -0.2) is 9.78 Å². The fourth-order valence-corrected chi connectivity index (χ4v) is 2.51. The number of aromatic nitrogens is 1. The quantitative estimate of drug-likeness (QED) is 0.821. The van der Waals surface area contributed by atoms with Gasteiger partial charge in [0.1, 0.15) is 5.01 Å². The number of thiazole rings is 1. The Bertz CT molecular complexity index is 725. The Kier molecular flexibility index (Phi) is 4.55. The van der Waals surface area contributed by atoms with Gasteiger partial charge in [0.15, 0.2) is 0 Å². The van der Waals surface area contributed by atoms with E-state index in [2.05, 4.69) is 10.3 Å². The Morgan fingerprint density at radius 3 is 2.86 bits per heavy atom. The van der Waals surface area contributed by atoms with Gasteiger partial charge in [0.2, 0.25) is 5.76 Å². The summed E-state index contributed by atoms with van der Waals surface area (Å²) in [6.07, 6.45) is -4.88. The molecule has 2 aromatic rings. The fourth-order valence-electron chi connectivity index (χ4n) is 1.57. The Balaban J connectivity index is 2.26. The van der Waals surface area contributed by atoms with Crippen molar-refractivity contribution >= 4 is 39.4 Å². The Morgan fingerprint density at radius 2 is 2.23 bits per heavy atom. The smallest absolute Gasteiger partial charge is 0.448 e. The van der Waals surface area contributed by atoms with Crippen LogP contribution in [0.3, 0.4) is 0 Å². The van der Waals surface area contributed by atoms with E-state index in [0.717, 1.165) is 11.3 Å². The number of rotatable bonds is 3. The van der Waals surface area contributed by atoms with Crippen molar-refractivity contribution < 1.29 is 27.8 Å². The summed E-state index contributed by atoms with van der Waals surface area (Å²) in [4.78, 5) is 15.3. The Hall–Kier alpha value is -2.29. The first-order valence-electron chi connectivity index (χ1n) is 6.12. The van der Waals surface area contributed by atoms with Gasteiger partial charge in [0, 0.05) is 11.8 Å². The maximum atomic E-state index is 12.3. The number of carbonyl (C=O) groups is 1. The summed E-state index contributed by atoms with van der Waals surface area (Å²) in [6, 6.07) is 4.66. The Morgan fingerprint density at radius 1 is 1.50 bits per heavy atom. The summed E-state index contributed by atoms with van der Waals surface area (Å²) in [6.45, 7) is 1.89. The molecule has 0 unspecified atom stereocenters. The van der Waals surface area contributed by atoms with Crippen LogP contribution >= 0.6 is 11.3 Å². The number of ether oxygens (including phenoxy) is 1. The van der Waals surface area contributed by atoms with E-state index in [9.17, 15) is 18.0 Å². The number of aliphatic hydroxyl groups excluding tert-OH is 1. The molecule has 1 aromatic carbocycles. The molecule has 0 bridgehead atoms. The molecular formula is C13H11F3N2O3S. The van der Waals surface area contributed by atoms with Crippen molar-refractivity contribution in [3.8, 4) is 0 Å². The molecule has 22 heavy (non-hydrogen) atoms. The van der Waals surface area contributed by atoms with Gasteiger partial charge in [0.25, 0.3) is 0 Å². The number of hydrogen-bond donors (Lipinski definition) is 2. The zero-order valence-corrected chi connectivity index (χ0v) is 12.1. The molecule has 0 saturated carbocycles. The minimum absolute atomic E-state index is 0.0121. The second kappa shape index (κ2) is 6.22. The number of alkyl halides is 3. The number of allylic oxidation sites excluding steroid dienone is 1. The highest BCUT2D eigenvalue weighted by atomic mass is 32.1. The van der Waals surface area contributed by atoms with Crippen molar-refractivity contribution in [3.05, 3.63) is 29.0 Å². The zero-order chi connectivity index (χ0) is 16.3. The van der Waals surface area contributed by atoms with Gasteiger partial charge in [-0.1, -0.05) is 0 Å². The van der Waals surface area contributed by atoms with E-state index >= 15 is 0 Å². The third kappa shape index (κ3) is 3.88. The van der Waals surface area contributed by atoms with Crippen molar-refractivity contribution in [1.29, 1.82) is 0 Å². The van der Waals surface area contributed by atoms with E-state index in [1.54, 1.807) is 25.1 Å². The molecule has 1 aromatic heterocycles. The van der Waals surface area contributed by atoms with Gasteiger partial charge < -0.3 is 9.84 Å². The average molecular weight is 332 g/mol. The van der Waals surface area contributed by atoms with Crippen LogP contribution in [0.2, 0.25) is 0 Å². The standard InChI is InChI=1S/C13H11F3N2O3S/c1-2-21-12(20)17-7-3-4-8-9(5-7)22-11(18-8)6-10(19)13(14,15)16/h3-6,19H,2H2,1H3,(H,17,20). The monoisotopic (exact) mass is 332 g/mol. The third-order valence-electron chi connectivity index (χ3n) is 2.48. The summed E-state index contributed by atoms with van der Waals surface area (Å²) < 4.78 is 42.1. The van der Waals surface area contributed by atoms with Crippen molar-refractivity contribution in [3.63, 3.8) is 0 Å². The molecular weight excluding hydrogens is 321 g/mol. The fraction of sp³-hybridized carbons (Fsp3) is 0.231. The van der Waals surface area contributed by atoms with E-state index < -0.39 is 18.0 Å². The zero-order valence-electron chi connectivity index (χ0n) is 11.3. The molecule has 0 spiro atoms. The number of anilines is 1. The molecule has 9 heteroatoms. The minimum Gasteiger partial charge on any atom is -0.504 e. The van der Waals surface area contributed by atoms with E-state index in [4.69, 9.17) is 9.84 Å². The summed E-state index contributed by atoms with van der Waals surface area (Å²) in [5.41, 5.74) is 0.894. The predicted molar refractivity (Wildman–Crippen MR) is 76.9 cm³/mol. The van der Waals surface area contributed by atoms with Crippen molar-refractivity contribution in [2.45, 2.75) is 13.1 Å². The number of nitrogens with one attached hydrogen (secondary N) is 1. The molecule has 1 heterocycles. The van der Waals surface area contributed by atoms with Crippen LogP contribution in [0.5, 0.6) is 0 Å². The van der Waals surface area contributed by atoms with Gasteiger partial charge in [-0.3, -0.25) is 5.32 Å². The number of nitrogens with zero attached hydrogens (tertiary/aromatic N) is 1. The lowest BCUT2D eigenvalue weighted by atomic mass is 10.3. The number of aliphatic hydroxyl groups is 1. The molecule has 2 N–H and O–H groups in total. The van der Waals surface area contributed by atoms with Crippen molar-refractivity contribution in [2.75, 3.05) is 11.9 Å². The highest BCUT2D eigenvalue weighted by Gasteiger charge is 2.34. The number of amides is 1.